The third-order valence-corrected chi connectivity index (χ3v) is 4.50. The summed E-state index contributed by atoms with van der Waals surface area (Å²) in [7, 11) is 0. The highest BCUT2D eigenvalue weighted by Crippen LogP contribution is 2.30. The number of carbonyl (C=O) groups excluding carboxylic acids is 1. The first-order valence-electron chi connectivity index (χ1n) is 5.63. The van der Waals surface area contributed by atoms with Crippen LogP contribution in [-0.4, -0.2) is 39.6 Å². The third kappa shape index (κ3) is 2.96. The molecule has 5 nitrogen and oxygen atoms in total. The quantitative estimate of drug-likeness (QED) is 0.629. The van der Waals surface area contributed by atoms with E-state index in [4.69, 9.17) is 5.11 Å². The number of carboxylic acids is 1. The van der Waals surface area contributed by atoms with E-state index in [0.717, 1.165) is 3.57 Å². The van der Waals surface area contributed by atoms with Crippen LogP contribution in [0, 0.1) is 7.14 Å². The topological polar surface area (TPSA) is 77.8 Å². The lowest BCUT2D eigenvalue weighted by atomic mass is 10.1. The van der Waals surface area contributed by atoms with Crippen LogP contribution >= 0.6 is 45.2 Å². The Kier molecular flexibility index (Phi) is 4.54. The maximum Gasteiger partial charge on any atom is 0.326 e. The van der Waals surface area contributed by atoms with Gasteiger partial charge in [0, 0.05) is 10.1 Å². The number of phenols is 1. The van der Waals surface area contributed by atoms with Gasteiger partial charge in [-0.25, -0.2) is 4.79 Å². The average molecular weight is 487 g/mol. The molecule has 0 saturated carbocycles. The summed E-state index contributed by atoms with van der Waals surface area (Å²) in [4.78, 5) is 24.8. The largest absolute Gasteiger partial charge is 0.506 e. The van der Waals surface area contributed by atoms with E-state index >= 15 is 0 Å². The highest BCUT2D eigenvalue weighted by atomic mass is 127. The molecule has 0 aromatic heterocycles. The molecule has 1 amide bonds. The predicted octanol–water partition coefficient (Wildman–Crippen LogP) is 2.29. The molecule has 7 heteroatoms. The number of nitrogens with zero attached hydrogens (tertiary/aromatic N) is 1. The Morgan fingerprint density at radius 3 is 2.63 bits per heavy atom. The summed E-state index contributed by atoms with van der Waals surface area (Å²) in [5, 5.41) is 19.1. The predicted molar refractivity (Wildman–Crippen MR) is 85.2 cm³/mol. The van der Waals surface area contributed by atoms with E-state index in [1.807, 2.05) is 22.6 Å². The molecule has 19 heavy (non-hydrogen) atoms. The van der Waals surface area contributed by atoms with Gasteiger partial charge in [0.2, 0.25) is 0 Å². The highest BCUT2D eigenvalue weighted by Gasteiger charge is 2.35. The van der Waals surface area contributed by atoms with Crippen molar-refractivity contribution in [2.75, 3.05) is 6.54 Å². The number of amides is 1. The fraction of sp³-hybridized carbons (Fsp3) is 0.333. The van der Waals surface area contributed by atoms with E-state index < -0.39 is 17.9 Å². The summed E-state index contributed by atoms with van der Waals surface area (Å²) >= 11 is 4.01. The molecule has 0 spiro atoms. The molecule has 1 aliphatic rings. The van der Waals surface area contributed by atoms with Crippen molar-refractivity contribution in [1.82, 2.24) is 4.90 Å². The van der Waals surface area contributed by atoms with E-state index in [0.29, 0.717) is 23.0 Å². The first-order valence-corrected chi connectivity index (χ1v) is 7.79. The Morgan fingerprint density at radius 2 is 2.00 bits per heavy atom. The molecular formula is C12H11I2NO4. The lowest BCUT2D eigenvalue weighted by molar-refractivity contribution is -0.141. The Bertz CT molecular complexity index is 547. The van der Waals surface area contributed by atoms with E-state index in [1.165, 1.54) is 4.90 Å². The van der Waals surface area contributed by atoms with Gasteiger partial charge in [-0.05, 0) is 70.2 Å². The van der Waals surface area contributed by atoms with E-state index in [2.05, 4.69) is 22.6 Å². The number of hydrogen-bond acceptors (Lipinski definition) is 3. The number of hydrogen-bond donors (Lipinski definition) is 2. The summed E-state index contributed by atoms with van der Waals surface area (Å²) in [6.45, 7) is 0.414. The van der Waals surface area contributed by atoms with Crippen molar-refractivity contribution in [3.8, 4) is 5.75 Å². The summed E-state index contributed by atoms with van der Waals surface area (Å²) in [5.74, 6) is -1.49. The van der Waals surface area contributed by atoms with E-state index in [1.54, 1.807) is 12.1 Å². The van der Waals surface area contributed by atoms with Crippen molar-refractivity contribution >= 4 is 57.1 Å². The molecule has 1 aliphatic heterocycles. The van der Waals surface area contributed by atoms with Gasteiger partial charge in [-0.1, -0.05) is 0 Å². The fourth-order valence-corrected chi connectivity index (χ4v) is 3.99. The molecule has 0 aliphatic carbocycles. The fourth-order valence-electron chi connectivity index (χ4n) is 2.15. The monoisotopic (exact) mass is 487 g/mol. The standard InChI is InChI=1S/C12H11I2NO4/c13-6-4-7(10(16)8(14)5-6)11(17)15-3-1-2-9(15)12(18)19/h4-5,9,16H,1-3H2,(H,18,19). The van der Waals surface area contributed by atoms with Crippen LogP contribution in [0.15, 0.2) is 12.1 Å². The van der Waals surface area contributed by atoms with Gasteiger partial charge < -0.3 is 15.1 Å². The van der Waals surface area contributed by atoms with Gasteiger partial charge in [0.25, 0.3) is 5.91 Å². The molecule has 2 rings (SSSR count). The van der Waals surface area contributed by atoms with Crippen LogP contribution in [-0.2, 0) is 4.79 Å². The van der Waals surface area contributed by atoms with Crippen LogP contribution < -0.4 is 0 Å². The van der Waals surface area contributed by atoms with Gasteiger partial charge in [-0.2, -0.15) is 0 Å². The number of likely N-dealkylation sites (tertiary alicyclic amines) is 1. The molecule has 1 atom stereocenters. The van der Waals surface area contributed by atoms with Crippen molar-refractivity contribution in [2.24, 2.45) is 0 Å². The second-order valence-corrected chi connectivity index (χ2v) is 6.69. The van der Waals surface area contributed by atoms with Crippen molar-refractivity contribution in [3.05, 3.63) is 24.8 Å². The summed E-state index contributed by atoms with van der Waals surface area (Å²) in [6.07, 6.45) is 1.13. The molecule has 1 fully saturated rings. The van der Waals surface area contributed by atoms with Gasteiger partial charge >= 0.3 is 5.97 Å². The molecule has 1 aromatic carbocycles. The summed E-state index contributed by atoms with van der Waals surface area (Å²) in [6, 6.07) is 2.55. The molecule has 0 bridgehead atoms. The number of aliphatic carboxylic acids is 1. The second kappa shape index (κ2) is 5.81. The molecule has 1 aromatic rings. The van der Waals surface area contributed by atoms with Crippen molar-refractivity contribution in [1.29, 1.82) is 0 Å². The number of phenolic OH excluding ortho intramolecular Hbond substituents is 1. The Morgan fingerprint density at radius 1 is 1.32 bits per heavy atom. The van der Waals surface area contributed by atoms with E-state index in [-0.39, 0.29) is 11.3 Å². The Hall–Kier alpha value is -0.580. The SMILES string of the molecule is O=C(O)C1CCCN1C(=O)c1cc(I)cc(I)c1O. The van der Waals surface area contributed by atoms with Crippen LogP contribution in [0.2, 0.25) is 0 Å². The minimum atomic E-state index is -0.995. The van der Waals surface area contributed by atoms with Crippen molar-refractivity contribution < 1.29 is 19.8 Å². The zero-order valence-electron chi connectivity index (χ0n) is 9.77. The van der Waals surface area contributed by atoms with Crippen LogP contribution in [0.4, 0.5) is 0 Å². The van der Waals surface area contributed by atoms with Crippen molar-refractivity contribution in [2.45, 2.75) is 18.9 Å². The van der Waals surface area contributed by atoms with Crippen LogP contribution in [0.3, 0.4) is 0 Å². The molecule has 1 unspecified atom stereocenters. The zero-order chi connectivity index (χ0) is 14.2. The van der Waals surface area contributed by atoms with Crippen LogP contribution in [0.1, 0.15) is 23.2 Å². The summed E-state index contributed by atoms with van der Waals surface area (Å²) < 4.78 is 1.41. The van der Waals surface area contributed by atoms with Crippen molar-refractivity contribution in [3.63, 3.8) is 0 Å². The lowest BCUT2D eigenvalue weighted by Crippen LogP contribution is -2.40. The normalized spacial score (nSPS) is 18.6. The molecule has 1 heterocycles. The average Bonchev–Trinajstić information content (AvgIpc) is 2.82. The minimum Gasteiger partial charge on any atom is -0.506 e. The Balaban J connectivity index is 2.37. The number of aromatic hydroxyl groups is 1. The smallest absolute Gasteiger partial charge is 0.326 e. The number of benzene rings is 1. The Labute approximate surface area is 137 Å². The number of carboxylic acid groups (broad SMARTS) is 1. The van der Waals surface area contributed by atoms with Gasteiger partial charge in [0.1, 0.15) is 11.8 Å². The van der Waals surface area contributed by atoms with Gasteiger partial charge in [0.05, 0.1) is 9.13 Å². The molecule has 1 saturated heterocycles. The number of carbonyl (C=O) groups is 2. The van der Waals surface area contributed by atoms with Gasteiger partial charge in [0.15, 0.2) is 0 Å². The second-order valence-electron chi connectivity index (χ2n) is 4.28. The maximum absolute atomic E-state index is 12.4. The summed E-state index contributed by atoms with van der Waals surface area (Å²) in [5.41, 5.74) is 0.171. The van der Waals surface area contributed by atoms with Crippen LogP contribution in [0.25, 0.3) is 0 Å². The highest BCUT2D eigenvalue weighted by molar-refractivity contribution is 14.1. The van der Waals surface area contributed by atoms with Crippen LogP contribution in [0.5, 0.6) is 5.75 Å². The number of rotatable bonds is 2. The first kappa shape index (κ1) is 14.8. The van der Waals surface area contributed by atoms with E-state index in [9.17, 15) is 14.7 Å². The molecule has 2 N–H and O–H groups in total. The molecule has 102 valence electrons. The third-order valence-electron chi connectivity index (χ3n) is 3.06. The minimum absolute atomic E-state index is 0.0814. The van der Waals surface area contributed by atoms with Gasteiger partial charge in [-0.15, -0.1) is 0 Å². The lowest BCUT2D eigenvalue weighted by Gasteiger charge is -2.22. The first-order chi connectivity index (χ1) is 8.91. The molecule has 0 radical (unpaired) electrons. The molecular weight excluding hydrogens is 476 g/mol. The van der Waals surface area contributed by atoms with Gasteiger partial charge in [-0.3, -0.25) is 4.79 Å². The maximum atomic E-state index is 12.4. The zero-order valence-corrected chi connectivity index (χ0v) is 14.1. The number of halogens is 2.